The van der Waals surface area contributed by atoms with Crippen molar-refractivity contribution < 1.29 is 0 Å². The normalized spacial score (nSPS) is 11.3. The molecule has 3 N–H and O–H groups in total. The lowest BCUT2D eigenvalue weighted by Gasteiger charge is -2.19. The van der Waals surface area contributed by atoms with Gasteiger partial charge in [-0.3, -0.25) is 4.98 Å². The molecule has 0 spiro atoms. The Morgan fingerprint density at radius 2 is 1.72 bits per heavy atom. The van der Waals surface area contributed by atoms with Gasteiger partial charge in [0.1, 0.15) is 5.82 Å². The Kier molecular flexibility index (Phi) is 3.19. The van der Waals surface area contributed by atoms with Crippen LogP contribution in [-0.4, -0.2) is 9.97 Å². The predicted octanol–water partition coefficient (Wildman–Crippen LogP) is 3.10. The third-order valence-electron chi connectivity index (χ3n) is 2.68. The van der Waals surface area contributed by atoms with Gasteiger partial charge in [0.05, 0.1) is 12.4 Å². The van der Waals surface area contributed by atoms with Crippen molar-refractivity contribution >= 4 is 17.3 Å². The average molecular weight is 242 g/mol. The van der Waals surface area contributed by atoms with Gasteiger partial charge in [-0.1, -0.05) is 32.9 Å². The summed E-state index contributed by atoms with van der Waals surface area (Å²) in [6.45, 7) is 6.58. The number of hydrogen-bond acceptors (Lipinski definition) is 4. The summed E-state index contributed by atoms with van der Waals surface area (Å²) < 4.78 is 0. The molecule has 0 radical (unpaired) electrons. The number of nitrogens with two attached hydrogens (primary N) is 1. The summed E-state index contributed by atoms with van der Waals surface area (Å²) in [4.78, 5) is 8.13. The van der Waals surface area contributed by atoms with E-state index in [2.05, 4.69) is 48.2 Å². The molecule has 2 aromatic rings. The number of rotatable bonds is 2. The molecule has 0 amide bonds. The van der Waals surface area contributed by atoms with E-state index in [1.807, 2.05) is 12.1 Å². The van der Waals surface area contributed by atoms with E-state index in [0.717, 1.165) is 5.69 Å². The Bertz CT molecular complexity index is 526. The molecule has 0 unspecified atom stereocenters. The molecule has 0 aliphatic carbocycles. The molecule has 18 heavy (non-hydrogen) atoms. The van der Waals surface area contributed by atoms with Crippen LogP contribution in [-0.2, 0) is 5.41 Å². The van der Waals surface area contributed by atoms with E-state index >= 15 is 0 Å². The SMILES string of the molecule is CC(C)(C)c1ccc(Nc2cncc(N)n2)cc1. The number of nitrogens with zero attached hydrogens (tertiary/aromatic N) is 2. The summed E-state index contributed by atoms with van der Waals surface area (Å²) in [6.07, 6.45) is 3.17. The minimum absolute atomic E-state index is 0.162. The first-order chi connectivity index (χ1) is 8.45. The summed E-state index contributed by atoms with van der Waals surface area (Å²) in [5.41, 5.74) is 8.01. The second-order valence-corrected chi connectivity index (χ2v) is 5.28. The zero-order valence-corrected chi connectivity index (χ0v) is 10.9. The highest BCUT2D eigenvalue weighted by atomic mass is 15.0. The van der Waals surface area contributed by atoms with Crippen molar-refractivity contribution in [3.63, 3.8) is 0 Å². The van der Waals surface area contributed by atoms with Crippen molar-refractivity contribution in [1.82, 2.24) is 9.97 Å². The Hall–Kier alpha value is -2.10. The first kappa shape index (κ1) is 12.4. The summed E-state index contributed by atoms with van der Waals surface area (Å²) >= 11 is 0. The topological polar surface area (TPSA) is 63.8 Å². The Labute approximate surface area is 107 Å². The van der Waals surface area contributed by atoms with E-state index in [-0.39, 0.29) is 5.41 Å². The smallest absolute Gasteiger partial charge is 0.151 e. The van der Waals surface area contributed by atoms with E-state index in [4.69, 9.17) is 5.73 Å². The van der Waals surface area contributed by atoms with E-state index in [9.17, 15) is 0 Å². The first-order valence-electron chi connectivity index (χ1n) is 5.90. The van der Waals surface area contributed by atoms with Crippen LogP contribution in [0.5, 0.6) is 0 Å². The predicted molar refractivity (Wildman–Crippen MR) is 74.9 cm³/mol. The van der Waals surface area contributed by atoms with E-state index in [0.29, 0.717) is 11.6 Å². The maximum absolute atomic E-state index is 5.58. The van der Waals surface area contributed by atoms with Gasteiger partial charge in [0.2, 0.25) is 0 Å². The van der Waals surface area contributed by atoms with Gasteiger partial charge in [-0.2, -0.15) is 0 Å². The number of aromatic nitrogens is 2. The molecule has 0 saturated heterocycles. The maximum atomic E-state index is 5.58. The van der Waals surface area contributed by atoms with Crippen LogP contribution in [0.15, 0.2) is 36.7 Å². The highest BCUT2D eigenvalue weighted by Crippen LogP contribution is 2.24. The monoisotopic (exact) mass is 242 g/mol. The van der Waals surface area contributed by atoms with Crippen molar-refractivity contribution in [1.29, 1.82) is 0 Å². The molecule has 0 atom stereocenters. The van der Waals surface area contributed by atoms with E-state index < -0.39 is 0 Å². The first-order valence-corrected chi connectivity index (χ1v) is 5.90. The minimum Gasteiger partial charge on any atom is -0.382 e. The summed E-state index contributed by atoms with van der Waals surface area (Å²) in [6, 6.07) is 8.29. The molecule has 1 aromatic carbocycles. The van der Waals surface area contributed by atoms with Crippen molar-refractivity contribution in [2.45, 2.75) is 26.2 Å². The molecule has 0 aliphatic heterocycles. The third-order valence-corrected chi connectivity index (χ3v) is 2.68. The Balaban J connectivity index is 2.16. The number of benzene rings is 1. The van der Waals surface area contributed by atoms with Gasteiger partial charge in [0.25, 0.3) is 0 Å². The number of nitrogen functional groups attached to an aromatic ring is 1. The van der Waals surface area contributed by atoms with Gasteiger partial charge >= 0.3 is 0 Å². The fourth-order valence-corrected chi connectivity index (χ4v) is 1.64. The zero-order chi connectivity index (χ0) is 13.2. The van der Waals surface area contributed by atoms with Gasteiger partial charge in [-0.05, 0) is 23.1 Å². The molecule has 2 rings (SSSR count). The van der Waals surface area contributed by atoms with Crippen LogP contribution in [0.25, 0.3) is 0 Å². The molecule has 0 saturated carbocycles. The average Bonchev–Trinajstić information content (AvgIpc) is 2.28. The lowest BCUT2D eigenvalue weighted by atomic mass is 9.87. The molecule has 4 heteroatoms. The number of hydrogen-bond donors (Lipinski definition) is 2. The Morgan fingerprint density at radius 3 is 2.28 bits per heavy atom. The molecule has 1 heterocycles. The lowest BCUT2D eigenvalue weighted by molar-refractivity contribution is 0.590. The van der Waals surface area contributed by atoms with Crippen LogP contribution in [0.4, 0.5) is 17.3 Å². The molecule has 0 bridgehead atoms. The number of nitrogens with one attached hydrogen (secondary N) is 1. The van der Waals surface area contributed by atoms with Crippen molar-refractivity contribution in [3.05, 3.63) is 42.2 Å². The summed E-state index contributed by atoms with van der Waals surface area (Å²) in [7, 11) is 0. The van der Waals surface area contributed by atoms with Crippen LogP contribution in [0.1, 0.15) is 26.3 Å². The Morgan fingerprint density at radius 1 is 1.06 bits per heavy atom. The van der Waals surface area contributed by atoms with E-state index in [1.54, 1.807) is 6.20 Å². The molecular formula is C14H18N4. The zero-order valence-electron chi connectivity index (χ0n) is 10.9. The van der Waals surface area contributed by atoms with Gasteiger partial charge in [-0.25, -0.2) is 4.98 Å². The summed E-state index contributed by atoms with van der Waals surface area (Å²) in [5, 5.41) is 3.17. The fraction of sp³-hybridized carbons (Fsp3) is 0.286. The molecular weight excluding hydrogens is 224 g/mol. The largest absolute Gasteiger partial charge is 0.382 e. The van der Waals surface area contributed by atoms with Gasteiger partial charge in [0, 0.05) is 5.69 Å². The molecule has 1 aromatic heterocycles. The van der Waals surface area contributed by atoms with Crippen LogP contribution < -0.4 is 11.1 Å². The lowest BCUT2D eigenvalue weighted by Crippen LogP contribution is -2.10. The maximum Gasteiger partial charge on any atom is 0.151 e. The number of anilines is 3. The molecule has 94 valence electrons. The molecule has 4 nitrogen and oxygen atoms in total. The highest BCUT2D eigenvalue weighted by molar-refractivity contribution is 5.57. The van der Waals surface area contributed by atoms with Crippen LogP contribution in [0.3, 0.4) is 0 Å². The van der Waals surface area contributed by atoms with Crippen LogP contribution >= 0.6 is 0 Å². The standard InChI is InChI=1S/C14H18N4/c1-14(2,3)10-4-6-11(7-5-10)17-13-9-16-8-12(15)18-13/h4-9H,1-3H3,(H3,15,17,18). The second kappa shape index (κ2) is 4.64. The van der Waals surface area contributed by atoms with E-state index in [1.165, 1.54) is 11.8 Å². The van der Waals surface area contributed by atoms with Crippen molar-refractivity contribution in [3.8, 4) is 0 Å². The molecule has 0 aliphatic rings. The van der Waals surface area contributed by atoms with Gasteiger partial charge in [-0.15, -0.1) is 0 Å². The highest BCUT2D eigenvalue weighted by Gasteiger charge is 2.12. The third kappa shape index (κ3) is 2.97. The van der Waals surface area contributed by atoms with Crippen LogP contribution in [0.2, 0.25) is 0 Å². The quantitative estimate of drug-likeness (QED) is 0.849. The summed E-state index contributed by atoms with van der Waals surface area (Å²) in [5.74, 6) is 1.06. The second-order valence-electron chi connectivity index (χ2n) is 5.28. The van der Waals surface area contributed by atoms with Crippen molar-refractivity contribution in [2.24, 2.45) is 0 Å². The molecule has 0 fully saturated rings. The van der Waals surface area contributed by atoms with Gasteiger partial charge in [0.15, 0.2) is 5.82 Å². The van der Waals surface area contributed by atoms with Gasteiger partial charge < -0.3 is 11.1 Å². The van der Waals surface area contributed by atoms with Crippen LogP contribution in [0, 0.1) is 0 Å². The minimum atomic E-state index is 0.162. The fourth-order valence-electron chi connectivity index (χ4n) is 1.64. The van der Waals surface area contributed by atoms with Crippen molar-refractivity contribution in [2.75, 3.05) is 11.1 Å².